The van der Waals surface area contributed by atoms with Crippen LogP contribution in [0.2, 0.25) is 0 Å². The van der Waals surface area contributed by atoms with Crippen LogP contribution >= 0.6 is 12.4 Å². The van der Waals surface area contributed by atoms with E-state index in [-0.39, 0.29) is 12.4 Å². The molecule has 0 aromatic heterocycles. The van der Waals surface area contributed by atoms with E-state index in [1.807, 2.05) is 0 Å². The Morgan fingerprint density at radius 1 is 1.13 bits per heavy atom. The average molecular weight is 335 g/mol. The Labute approximate surface area is 145 Å². The molecule has 0 spiro atoms. The Hall–Kier alpha value is -1.06. The maximum atomic E-state index is 12.6. The highest BCUT2D eigenvalue weighted by Gasteiger charge is 2.42. The third-order valence-corrected chi connectivity index (χ3v) is 6.18. The zero-order chi connectivity index (χ0) is 15.1. The highest BCUT2D eigenvalue weighted by molar-refractivity contribution is 5.85. The molecule has 1 amide bonds. The van der Waals surface area contributed by atoms with E-state index in [0.29, 0.717) is 29.7 Å². The van der Waals surface area contributed by atoms with E-state index in [4.69, 9.17) is 5.73 Å². The maximum absolute atomic E-state index is 12.6. The number of halogens is 1. The van der Waals surface area contributed by atoms with Gasteiger partial charge in [0.2, 0.25) is 5.91 Å². The Kier molecular flexibility index (Phi) is 4.98. The largest absolute Gasteiger partial charge is 0.342 e. The Balaban J connectivity index is 0.00000156. The molecular weight excluding hydrogens is 308 g/mol. The van der Waals surface area contributed by atoms with E-state index in [2.05, 4.69) is 29.2 Å². The van der Waals surface area contributed by atoms with E-state index in [9.17, 15) is 4.79 Å². The van der Waals surface area contributed by atoms with Gasteiger partial charge in [0, 0.05) is 25.6 Å². The van der Waals surface area contributed by atoms with Crippen LogP contribution in [-0.2, 0) is 17.6 Å². The van der Waals surface area contributed by atoms with Crippen molar-refractivity contribution in [3.8, 4) is 0 Å². The third-order valence-electron chi connectivity index (χ3n) is 6.18. The minimum atomic E-state index is 0. The van der Waals surface area contributed by atoms with Gasteiger partial charge in [-0.05, 0) is 61.0 Å². The Morgan fingerprint density at radius 3 is 2.70 bits per heavy atom. The van der Waals surface area contributed by atoms with Crippen molar-refractivity contribution in [2.75, 3.05) is 13.1 Å². The number of amides is 1. The van der Waals surface area contributed by atoms with E-state index >= 15 is 0 Å². The molecule has 1 aliphatic heterocycles. The number of nitrogens with zero attached hydrogens (tertiary/aromatic N) is 1. The van der Waals surface area contributed by atoms with Gasteiger partial charge in [0.1, 0.15) is 0 Å². The van der Waals surface area contributed by atoms with E-state index < -0.39 is 0 Å². The van der Waals surface area contributed by atoms with Gasteiger partial charge in [-0.25, -0.2) is 0 Å². The molecule has 1 saturated carbocycles. The van der Waals surface area contributed by atoms with Crippen LogP contribution in [0.5, 0.6) is 0 Å². The molecule has 4 unspecified atom stereocenters. The van der Waals surface area contributed by atoms with Gasteiger partial charge in [-0.2, -0.15) is 0 Å². The lowest BCUT2D eigenvalue weighted by molar-refractivity contribution is -0.131. The first-order valence-electron chi connectivity index (χ1n) is 8.81. The van der Waals surface area contributed by atoms with Crippen LogP contribution in [0.25, 0.3) is 0 Å². The van der Waals surface area contributed by atoms with Gasteiger partial charge in [-0.15, -0.1) is 12.4 Å². The summed E-state index contributed by atoms with van der Waals surface area (Å²) in [5.41, 5.74) is 9.11. The van der Waals surface area contributed by atoms with Crippen molar-refractivity contribution in [1.82, 2.24) is 4.90 Å². The highest BCUT2D eigenvalue weighted by Crippen LogP contribution is 2.38. The summed E-state index contributed by atoms with van der Waals surface area (Å²) in [5.74, 6) is 2.13. The fourth-order valence-corrected chi connectivity index (χ4v) is 4.83. The van der Waals surface area contributed by atoms with E-state index in [0.717, 1.165) is 45.2 Å². The molecule has 2 N–H and O–H groups in total. The number of hydrogen-bond donors (Lipinski definition) is 1. The van der Waals surface area contributed by atoms with E-state index in [1.54, 1.807) is 0 Å². The van der Waals surface area contributed by atoms with Gasteiger partial charge < -0.3 is 10.6 Å². The lowest BCUT2D eigenvalue weighted by Gasteiger charge is -2.26. The number of hydrogen-bond acceptors (Lipinski definition) is 2. The van der Waals surface area contributed by atoms with Gasteiger partial charge in [-0.1, -0.05) is 24.3 Å². The second kappa shape index (κ2) is 6.82. The number of rotatable bonds is 2. The number of carbonyl (C=O) groups excluding carboxylic acids is 1. The molecule has 1 aromatic carbocycles. The predicted molar refractivity (Wildman–Crippen MR) is 94.6 cm³/mol. The smallest absolute Gasteiger partial charge is 0.222 e. The van der Waals surface area contributed by atoms with Gasteiger partial charge in [0.25, 0.3) is 0 Å². The van der Waals surface area contributed by atoms with Crippen LogP contribution in [0.3, 0.4) is 0 Å². The summed E-state index contributed by atoms with van der Waals surface area (Å²) in [7, 11) is 0. The molecule has 2 aliphatic carbocycles. The summed E-state index contributed by atoms with van der Waals surface area (Å²) in [4.78, 5) is 14.8. The highest BCUT2D eigenvalue weighted by atomic mass is 35.5. The molecule has 126 valence electrons. The summed E-state index contributed by atoms with van der Waals surface area (Å²) in [6, 6.07) is 9.02. The first-order valence-corrected chi connectivity index (χ1v) is 8.81. The van der Waals surface area contributed by atoms with Gasteiger partial charge in [0.15, 0.2) is 0 Å². The molecule has 2 fully saturated rings. The van der Waals surface area contributed by atoms with Crippen molar-refractivity contribution in [2.24, 2.45) is 23.5 Å². The Morgan fingerprint density at radius 2 is 1.91 bits per heavy atom. The van der Waals surface area contributed by atoms with Crippen LogP contribution in [-0.4, -0.2) is 29.9 Å². The van der Waals surface area contributed by atoms with Crippen LogP contribution in [0.1, 0.15) is 36.8 Å². The van der Waals surface area contributed by atoms with Crippen molar-refractivity contribution in [3.63, 3.8) is 0 Å². The SMILES string of the molecule is Cl.NC1CCC2CN(C(=O)CC3CCc4ccccc4C3)CC12. The molecule has 0 radical (unpaired) electrons. The molecule has 3 aliphatic rings. The van der Waals surface area contributed by atoms with Gasteiger partial charge in [-0.3, -0.25) is 4.79 Å². The van der Waals surface area contributed by atoms with Crippen LogP contribution in [0.15, 0.2) is 24.3 Å². The summed E-state index contributed by atoms with van der Waals surface area (Å²) in [6.07, 6.45) is 6.45. The zero-order valence-corrected chi connectivity index (χ0v) is 14.4. The molecule has 1 saturated heterocycles. The van der Waals surface area contributed by atoms with Crippen LogP contribution in [0.4, 0.5) is 0 Å². The molecule has 4 heteroatoms. The number of aryl methyl sites for hydroxylation is 1. The van der Waals surface area contributed by atoms with Crippen molar-refractivity contribution in [1.29, 1.82) is 0 Å². The topological polar surface area (TPSA) is 46.3 Å². The fraction of sp³-hybridized carbons (Fsp3) is 0.632. The summed E-state index contributed by atoms with van der Waals surface area (Å²) >= 11 is 0. The lowest BCUT2D eigenvalue weighted by Crippen LogP contribution is -2.34. The molecule has 1 aromatic rings. The van der Waals surface area contributed by atoms with Crippen LogP contribution < -0.4 is 5.73 Å². The minimum absolute atomic E-state index is 0. The van der Waals surface area contributed by atoms with Gasteiger partial charge in [0.05, 0.1) is 0 Å². The summed E-state index contributed by atoms with van der Waals surface area (Å²) < 4.78 is 0. The third kappa shape index (κ3) is 3.27. The molecule has 3 nitrogen and oxygen atoms in total. The molecular formula is C19H27ClN2O. The normalized spacial score (nSPS) is 32.1. The second-order valence-corrected chi connectivity index (χ2v) is 7.55. The number of carbonyl (C=O) groups is 1. The molecule has 4 rings (SSSR count). The molecule has 1 heterocycles. The Bertz CT molecular complexity index is 576. The molecule has 23 heavy (non-hydrogen) atoms. The van der Waals surface area contributed by atoms with Crippen molar-refractivity contribution >= 4 is 18.3 Å². The number of fused-ring (bicyclic) bond motifs is 2. The van der Waals surface area contributed by atoms with Gasteiger partial charge >= 0.3 is 0 Å². The first-order chi connectivity index (χ1) is 10.7. The van der Waals surface area contributed by atoms with Crippen molar-refractivity contribution < 1.29 is 4.79 Å². The monoisotopic (exact) mass is 334 g/mol. The van der Waals surface area contributed by atoms with Crippen LogP contribution in [0, 0.1) is 17.8 Å². The summed E-state index contributed by atoms with van der Waals surface area (Å²) in [5, 5.41) is 0. The standard InChI is InChI=1S/C19H26N2O.ClH/c20-18-8-7-16-11-21(12-17(16)18)19(22)10-13-5-6-14-3-1-2-4-15(14)9-13;/h1-4,13,16-18H,5-12,20H2;1H. The first kappa shape index (κ1) is 16.8. The van der Waals surface area contributed by atoms with Crippen molar-refractivity contribution in [3.05, 3.63) is 35.4 Å². The zero-order valence-electron chi connectivity index (χ0n) is 13.6. The second-order valence-electron chi connectivity index (χ2n) is 7.55. The number of nitrogens with two attached hydrogens (primary N) is 1. The molecule has 0 bridgehead atoms. The number of benzene rings is 1. The minimum Gasteiger partial charge on any atom is -0.342 e. The average Bonchev–Trinajstić information content (AvgIpc) is 3.10. The van der Waals surface area contributed by atoms with E-state index in [1.165, 1.54) is 17.5 Å². The summed E-state index contributed by atoms with van der Waals surface area (Å²) in [6.45, 7) is 1.87. The quantitative estimate of drug-likeness (QED) is 0.904. The fourth-order valence-electron chi connectivity index (χ4n) is 4.83. The number of likely N-dealkylation sites (tertiary alicyclic amines) is 1. The predicted octanol–water partition coefficient (Wildman–Crippen LogP) is 2.80. The maximum Gasteiger partial charge on any atom is 0.222 e. The lowest BCUT2D eigenvalue weighted by atomic mass is 9.82. The van der Waals surface area contributed by atoms with Crippen molar-refractivity contribution in [2.45, 2.75) is 44.6 Å². The molecule has 4 atom stereocenters.